The second-order valence-electron chi connectivity index (χ2n) is 6.14. The van der Waals surface area contributed by atoms with E-state index in [1.165, 1.54) is 24.4 Å². The third-order valence-corrected chi connectivity index (χ3v) is 4.42. The molecule has 0 radical (unpaired) electrons. The highest BCUT2D eigenvalue weighted by Gasteiger charge is 2.10. The van der Waals surface area contributed by atoms with Crippen molar-refractivity contribution >= 4 is 27.7 Å². The van der Waals surface area contributed by atoms with E-state index >= 15 is 0 Å². The number of para-hydroxylation sites is 1. The van der Waals surface area contributed by atoms with E-state index in [-0.39, 0.29) is 11.7 Å². The van der Waals surface area contributed by atoms with Crippen molar-refractivity contribution in [3.63, 3.8) is 0 Å². The summed E-state index contributed by atoms with van der Waals surface area (Å²) in [5.41, 5.74) is 4.67. The zero-order valence-electron chi connectivity index (χ0n) is 13.8. The Morgan fingerprint density at radius 2 is 1.80 bits per heavy atom. The lowest BCUT2D eigenvalue weighted by atomic mass is 9.98. The molecule has 0 aliphatic heterocycles. The minimum absolute atomic E-state index is 0.110. The summed E-state index contributed by atoms with van der Waals surface area (Å²) in [5.74, 6) is -0.403. The molecule has 0 atom stereocenters. The Morgan fingerprint density at radius 1 is 1.00 bits per heavy atom. The van der Waals surface area contributed by atoms with Crippen LogP contribution in [-0.4, -0.2) is 10.9 Å². The van der Waals surface area contributed by atoms with E-state index < -0.39 is 0 Å². The summed E-state index contributed by atoms with van der Waals surface area (Å²) in [4.78, 5) is 14.6. The number of amides is 1. The van der Waals surface area contributed by atoms with Crippen molar-refractivity contribution < 1.29 is 9.18 Å². The van der Waals surface area contributed by atoms with Gasteiger partial charge in [-0.1, -0.05) is 36.4 Å². The highest BCUT2D eigenvalue weighted by Crippen LogP contribution is 2.31. The summed E-state index contributed by atoms with van der Waals surface area (Å²) in [6.45, 7) is 1.84. The third-order valence-electron chi connectivity index (χ3n) is 4.42. The van der Waals surface area contributed by atoms with E-state index in [0.717, 1.165) is 33.1 Å². The SMILES string of the molecule is CC(=O)NCc1ccc(F)cc1-c1ccc2c(c1)[nH]c1ccccc12. The number of hydrogen-bond acceptors (Lipinski definition) is 1. The molecule has 3 aromatic carbocycles. The second-order valence-corrected chi connectivity index (χ2v) is 6.14. The fourth-order valence-corrected chi connectivity index (χ4v) is 3.21. The van der Waals surface area contributed by atoms with Crippen LogP contribution in [0.25, 0.3) is 32.9 Å². The van der Waals surface area contributed by atoms with E-state index in [1.54, 1.807) is 6.07 Å². The number of rotatable bonds is 3. The average molecular weight is 332 g/mol. The number of carbonyl (C=O) groups excluding carboxylic acids is 1. The van der Waals surface area contributed by atoms with Crippen LogP contribution in [0.4, 0.5) is 4.39 Å². The molecule has 4 heteroatoms. The maximum Gasteiger partial charge on any atom is 0.217 e. The third kappa shape index (κ3) is 2.87. The maximum absolute atomic E-state index is 13.8. The zero-order chi connectivity index (χ0) is 17.4. The van der Waals surface area contributed by atoms with Gasteiger partial charge in [-0.2, -0.15) is 0 Å². The molecule has 0 aliphatic rings. The molecule has 0 fully saturated rings. The molecular formula is C21H17FN2O. The van der Waals surface area contributed by atoms with Crippen molar-refractivity contribution in [2.45, 2.75) is 13.5 Å². The normalized spacial score (nSPS) is 11.1. The monoisotopic (exact) mass is 332 g/mol. The molecule has 1 heterocycles. The van der Waals surface area contributed by atoms with Crippen molar-refractivity contribution in [1.29, 1.82) is 0 Å². The van der Waals surface area contributed by atoms with Gasteiger partial charge in [0.2, 0.25) is 5.91 Å². The van der Waals surface area contributed by atoms with Crippen LogP contribution in [0, 0.1) is 5.82 Å². The van der Waals surface area contributed by atoms with Gasteiger partial charge in [-0.3, -0.25) is 4.79 Å². The summed E-state index contributed by atoms with van der Waals surface area (Å²) < 4.78 is 13.8. The average Bonchev–Trinajstić information content (AvgIpc) is 2.98. The highest BCUT2D eigenvalue weighted by molar-refractivity contribution is 6.08. The van der Waals surface area contributed by atoms with Gasteiger partial charge in [0.05, 0.1) is 0 Å². The highest BCUT2D eigenvalue weighted by atomic mass is 19.1. The summed E-state index contributed by atoms with van der Waals surface area (Å²) in [6.07, 6.45) is 0. The second kappa shape index (κ2) is 6.06. The van der Waals surface area contributed by atoms with Crippen LogP contribution in [0.5, 0.6) is 0 Å². The summed E-state index contributed by atoms with van der Waals surface area (Å²) in [6, 6.07) is 18.9. The topological polar surface area (TPSA) is 44.9 Å². The van der Waals surface area contributed by atoms with E-state index in [4.69, 9.17) is 0 Å². The first kappa shape index (κ1) is 15.4. The fraction of sp³-hybridized carbons (Fsp3) is 0.0952. The van der Waals surface area contributed by atoms with Crippen LogP contribution < -0.4 is 5.32 Å². The molecule has 0 spiro atoms. The number of carbonyl (C=O) groups is 1. The Hall–Kier alpha value is -3.14. The molecule has 3 nitrogen and oxygen atoms in total. The standard InChI is InChI=1S/C21H17FN2O/c1-13(25)23-12-15-6-8-16(22)11-19(15)14-7-9-18-17-4-2-3-5-20(17)24-21(18)10-14/h2-11,24H,12H2,1H3,(H,23,25). The molecule has 0 bridgehead atoms. The quantitative estimate of drug-likeness (QED) is 0.558. The van der Waals surface area contributed by atoms with E-state index in [9.17, 15) is 9.18 Å². The van der Waals surface area contributed by atoms with Gasteiger partial charge in [0.25, 0.3) is 0 Å². The molecule has 124 valence electrons. The van der Waals surface area contributed by atoms with Crippen LogP contribution >= 0.6 is 0 Å². The maximum atomic E-state index is 13.8. The van der Waals surface area contributed by atoms with Crippen LogP contribution in [0.1, 0.15) is 12.5 Å². The fourth-order valence-electron chi connectivity index (χ4n) is 3.21. The van der Waals surface area contributed by atoms with Crippen LogP contribution in [0.3, 0.4) is 0 Å². The van der Waals surface area contributed by atoms with Crippen LogP contribution in [-0.2, 0) is 11.3 Å². The Balaban J connectivity index is 1.84. The lowest BCUT2D eigenvalue weighted by molar-refractivity contribution is -0.119. The number of halogens is 1. The van der Waals surface area contributed by atoms with Gasteiger partial charge in [-0.05, 0) is 41.0 Å². The Labute approximate surface area is 144 Å². The molecule has 1 aromatic heterocycles. The molecule has 0 saturated heterocycles. The van der Waals surface area contributed by atoms with Gasteiger partial charge in [0.1, 0.15) is 5.82 Å². The van der Waals surface area contributed by atoms with Crippen LogP contribution in [0.2, 0.25) is 0 Å². The van der Waals surface area contributed by atoms with E-state index in [0.29, 0.717) is 6.54 Å². The minimum atomic E-state index is -0.293. The predicted octanol–water partition coefficient (Wildman–Crippen LogP) is 4.76. The van der Waals surface area contributed by atoms with Gasteiger partial charge in [-0.15, -0.1) is 0 Å². The van der Waals surface area contributed by atoms with Gasteiger partial charge in [0, 0.05) is 35.3 Å². The molecule has 1 amide bonds. The smallest absolute Gasteiger partial charge is 0.217 e. The predicted molar refractivity (Wildman–Crippen MR) is 98.7 cm³/mol. The molecule has 0 unspecified atom stereocenters. The first-order valence-electron chi connectivity index (χ1n) is 8.15. The van der Waals surface area contributed by atoms with Crippen LogP contribution in [0.15, 0.2) is 60.7 Å². The number of fused-ring (bicyclic) bond motifs is 3. The van der Waals surface area contributed by atoms with Crippen molar-refractivity contribution in [3.8, 4) is 11.1 Å². The molecule has 2 N–H and O–H groups in total. The van der Waals surface area contributed by atoms with Crippen molar-refractivity contribution in [3.05, 3.63) is 72.0 Å². The molecule has 4 aromatic rings. The Morgan fingerprint density at radius 3 is 2.64 bits per heavy atom. The molecule has 0 saturated carbocycles. The summed E-state index contributed by atoms with van der Waals surface area (Å²) >= 11 is 0. The lowest BCUT2D eigenvalue weighted by Gasteiger charge is -2.11. The van der Waals surface area contributed by atoms with Crippen molar-refractivity contribution in [1.82, 2.24) is 10.3 Å². The first-order valence-corrected chi connectivity index (χ1v) is 8.15. The van der Waals surface area contributed by atoms with E-state index in [1.807, 2.05) is 30.3 Å². The zero-order valence-corrected chi connectivity index (χ0v) is 13.8. The molecule has 25 heavy (non-hydrogen) atoms. The number of nitrogens with one attached hydrogen (secondary N) is 2. The minimum Gasteiger partial charge on any atom is -0.354 e. The number of H-pyrrole nitrogens is 1. The van der Waals surface area contributed by atoms with Gasteiger partial charge in [0.15, 0.2) is 0 Å². The lowest BCUT2D eigenvalue weighted by Crippen LogP contribution is -2.19. The van der Waals surface area contributed by atoms with Gasteiger partial charge in [-0.25, -0.2) is 4.39 Å². The Kier molecular flexibility index (Phi) is 3.73. The number of aromatic amines is 1. The van der Waals surface area contributed by atoms with Crippen molar-refractivity contribution in [2.75, 3.05) is 0 Å². The van der Waals surface area contributed by atoms with Crippen molar-refractivity contribution in [2.24, 2.45) is 0 Å². The largest absolute Gasteiger partial charge is 0.354 e. The Bertz CT molecular complexity index is 1100. The molecular weight excluding hydrogens is 315 g/mol. The van der Waals surface area contributed by atoms with Gasteiger partial charge >= 0.3 is 0 Å². The van der Waals surface area contributed by atoms with E-state index in [2.05, 4.69) is 22.4 Å². The number of benzene rings is 3. The molecule has 0 aliphatic carbocycles. The number of aromatic nitrogens is 1. The summed E-state index contributed by atoms with van der Waals surface area (Å²) in [7, 11) is 0. The van der Waals surface area contributed by atoms with Gasteiger partial charge < -0.3 is 10.3 Å². The summed E-state index contributed by atoms with van der Waals surface area (Å²) in [5, 5.41) is 5.09. The molecule has 4 rings (SSSR count). The first-order chi connectivity index (χ1) is 12.1. The number of hydrogen-bond donors (Lipinski definition) is 2.